The van der Waals surface area contributed by atoms with Crippen LogP contribution in [0.5, 0.6) is 5.75 Å². The van der Waals surface area contributed by atoms with Crippen LogP contribution in [0, 0.1) is 29.3 Å². The second kappa shape index (κ2) is 14.4. The van der Waals surface area contributed by atoms with E-state index in [4.69, 9.17) is 4.74 Å². The molecule has 0 saturated heterocycles. The summed E-state index contributed by atoms with van der Waals surface area (Å²) in [5.74, 6) is -0.493. The maximum Gasteiger partial charge on any atom is 0.165 e. The number of benzene rings is 2. The lowest BCUT2D eigenvalue weighted by molar-refractivity contribution is 0.0727. The summed E-state index contributed by atoms with van der Waals surface area (Å²) < 4.78 is 50.3. The van der Waals surface area contributed by atoms with Gasteiger partial charge in [-0.2, -0.15) is 0 Å². The van der Waals surface area contributed by atoms with E-state index < -0.39 is 11.6 Å². The van der Waals surface area contributed by atoms with Crippen molar-refractivity contribution in [2.24, 2.45) is 11.8 Å². The first-order valence-electron chi connectivity index (χ1n) is 15.1. The number of ether oxygens (including phenoxy) is 1. The number of rotatable bonds is 12. The Morgan fingerprint density at radius 2 is 1.54 bits per heavy atom. The molecular weight excluding hydrogens is 497 g/mol. The van der Waals surface area contributed by atoms with E-state index in [0.717, 1.165) is 82.6 Å². The van der Waals surface area contributed by atoms with E-state index in [1.807, 2.05) is 18.2 Å². The molecule has 0 radical (unpaired) electrons. The Kier molecular flexibility index (Phi) is 11.0. The van der Waals surface area contributed by atoms with Crippen molar-refractivity contribution in [3.8, 4) is 5.75 Å². The van der Waals surface area contributed by atoms with Gasteiger partial charge in [0.1, 0.15) is 0 Å². The molecule has 0 heterocycles. The molecular formula is C34H45F3O2. The fourth-order valence-electron chi connectivity index (χ4n) is 6.76. The largest absolute Gasteiger partial charge is 0.490 e. The molecule has 2 aromatic carbocycles. The van der Waals surface area contributed by atoms with E-state index in [1.54, 1.807) is 18.2 Å². The zero-order valence-corrected chi connectivity index (χ0v) is 23.4. The molecule has 0 spiro atoms. The molecule has 1 unspecified atom stereocenters. The third-order valence-corrected chi connectivity index (χ3v) is 9.19. The average Bonchev–Trinajstić information content (AvgIpc) is 2.95. The van der Waals surface area contributed by atoms with Crippen LogP contribution in [-0.2, 0) is 6.42 Å². The lowest BCUT2D eigenvalue weighted by atomic mass is 9.74. The molecule has 2 aromatic rings. The van der Waals surface area contributed by atoms with Gasteiger partial charge in [0.15, 0.2) is 23.2 Å². The van der Waals surface area contributed by atoms with E-state index in [0.29, 0.717) is 30.1 Å². The topological polar surface area (TPSA) is 29.5 Å². The van der Waals surface area contributed by atoms with Gasteiger partial charge >= 0.3 is 0 Å². The molecule has 0 aromatic heterocycles. The van der Waals surface area contributed by atoms with Crippen molar-refractivity contribution in [2.75, 3.05) is 6.61 Å². The molecule has 2 saturated carbocycles. The molecule has 1 N–H and O–H groups in total. The summed E-state index contributed by atoms with van der Waals surface area (Å²) >= 11 is 0. The van der Waals surface area contributed by atoms with Crippen molar-refractivity contribution >= 4 is 0 Å². The summed E-state index contributed by atoms with van der Waals surface area (Å²) in [6.45, 7) is 6.14. The summed E-state index contributed by atoms with van der Waals surface area (Å²) in [6.07, 6.45) is 12.7. The predicted octanol–water partition coefficient (Wildman–Crippen LogP) is 9.40. The van der Waals surface area contributed by atoms with Crippen molar-refractivity contribution in [2.45, 2.75) is 108 Å². The van der Waals surface area contributed by atoms with Crippen LogP contribution in [0.25, 0.3) is 0 Å². The van der Waals surface area contributed by atoms with E-state index in [1.165, 1.54) is 0 Å². The number of hydrogen-bond acceptors (Lipinski definition) is 2. The number of aliphatic hydroxyl groups is 1. The second-order valence-corrected chi connectivity index (χ2v) is 11.8. The number of hydrogen-bond donors (Lipinski definition) is 1. The van der Waals surface area contributed by atoms with Gasteiger partial charge in [-0.05, 0) is 130 Å². The minimum Gasteiger partial charge on any atom is -0.490 e. The minimum atomic E-state index is -0.661. The number of halogens is 3. The van der Waals surface area contributed by atoms with Gasteiger partial charge in [0.05, 0.1) is 12.7 Å². The number of aliphatic hydroxyl groups excluding tert-OH is 1. The van der Waals surface area contributed by atoms with Crippen LogP contribution in [0.15, 0.2) is 43.0 Å². The highest BCUT2D eigenvalue weighted by atomic mass is 19.2. The molecule has 0 bridgehead atoms. The van der Waals surface area contributed by atoms with Gasteiger partial charge in [-0.25, -0.2) is 13.2 Å². The first-order chi connectivity index (χ1) is 18.9. The molecule has 2 aliphatic carbocycles. The van der Waals surface area contributed by atoms with E-state index in [9.17, 15) is 9.50 Å². The van der Waals surface area contributed by atoms with Gasteiger partial charge < -0.3 is 9.84 Å². The SMILES string of the molecule is C=CCCOc1ccc(CCC2CCC(c3ccc(C4CCC(C(O)CCC)CC4)c(F)c3F)CC2)cc1F. The van der Waals surface area contributed by atoms with Gasteiger partial charge in [-0.15, -0.1) is 6.58 Å². The first-order valence-corrected chi connectivity index (χ1v) is 15.1. The molecule has 5 heteroatoms. The molecule has 2 fully saturated rings. The van der Waals surface area contributed by atoms with Crippen LogP contribution in [0.2, 0.25) is 0 Å². The Hall–Kier alpha value is -2.27. The molecule has 2 nitrogen and oxygen atoms in total. The average molecular weight is 543 g/mol. The Morgan fingerprint density at radius 1 is 0.923 bits per heavy atom. The van der Waals surface area contributed by atoms with Gasteiger partial charge in [0.25, 0.3) is 0 Å². The van der Waals surface area contributed by atoms with Gasteiger partial charge in [-0.3, -0.25) is 0 Å². The molecule has 214 valence electrons. The molecule has 4 rings (SSSR count). The lowest BCUT2D eigenvalue weighted by Gasteiger charge is -2.32. The Labute approximate surface area is 232 Å². The summed E-state index contributed by atoms with van der Waals surface area (Å²) in [4.78, 5) is 0. The van der Waals surface area contributed by atoms with E-state index in [-0.39, 0.29) is 35.4 Å². The normalized spacial score (nSPS) is 24.3. The van der Waals surface area contributed by atoms with Gasteiger partial charge in [0.2, 0.25) is 0 Å². The van der Waals surface area contributed by atoms with Crippen LogP contribution >= 0.6 is 0 Å². The summed E-state index contributed by atoms with van der Waals surface area (Å²) in [6, 6.07) is 8.85. The highest BCUT2D eigenvalue weighted by Crippen LogP contribution is 2.42. The quantitative estimate of drug-likeness (QED) is 0.214. The Morgan fingerprint density at radius 3 is 2.10 bits per heavy atom. The summed E-state index contributed by atoms with van der Waals surface area (Å²) in [5, 5.41) is 10.3. The maximum atomic E-state index is 15.3. The molecule has 0 amide bonds. The van der Waals surface area contributed by atoms with Crippen molar-refractivity contribution in [1.29, 1.82) is 0 Å². The molecule has 39 heavy (non-hydrogen) atoms. The van der Waals surface area contributed by atoms with E-state index >= 15 is 8.78 Å². The van der Waals surface area contributed by atoms with Crippen molar-refractivity contribution < 1.29 is 23.0 Å². The maximum absolute atomic E-state index is 15.3. The second-order valence-electron chi connectivity index (χ2n) is 11.8. The molecule has 1 atom stereocenters. The predicted molar refractivity (Wildman–Crippen MR) is 152 cm³/mol. The first kappa shape index (κ1) is 29.7. The fraction of sp³-hybridized carbons (Fsp3) is 0.588. The van der Waals surface area contributed by atoms with Gasteiger partial charge in [0, 0.05) is 0 Å². The minimum absolute atomic E-state index is 0.0342. The summed E-state index contributed by atoms with van der Waals surface area (Å²) in [5.41, 5.74) is 2.00. The highest BCUT2D eigenvalue weighted by molar-refractivity contribution is 5.32. The zero-order chi connectivity index (χ0) is 27.8. The van der Waals surface area contributed by atoms with Crippen LogP contribution in [0.4, 0.5) is 13.2 Å². The van der Waals surface area contributed by atoms with Crippen molar-refractivity contribution in [1.82, 2.24) is 0 Å². The van der Waals surface area contributed by atoms with Crippen LogP contribution < -0.4 is 4.74 Å². The smallest absolute Gasteiger partial charge is 0.165 e. The highest BCUT2D eigenvalue weighted by Gasteiger charge is 2.31. The number of aryl methyl sites for hydroxylation is 1. The third kappa shape index (κ3) is 7.68. The fourth-order valence-corrected chi connectivity index (χ4v) is 6.76. The Bertz CT molecular complexity index is 1070. The monoisotopic (exact) mass is 542 g/mol. The Balaban J connectivity index is 1.27. The molecule has 2 aliphatic rings. The summed E-state index contributed by atoms with van der Waals surface area (Å²) in [7, 11) is 0. The zero-order valence-electron chi connectivity index (χ0n) is 23.4. The van der Waals surface area contributed by atoms with Gasteiger partial charge in [-0.1, -0.05) is 37.6 Å². The van der Waals surface area contributed by atoms with Crippen molar-refractivity contribution in [3.63, 3.8) is 0 Å². The molecule has 0 aliphatic heterocycles. The van der Waals surface area contributed by atoms with Crippen LogP contribution in [0.1, 0.15) is 112 Å². The third-order valence-electron chi connectivity index (χ3n) is 9.19. The van der Waals surface area contributed by atoms with E-state index in [2.05, 4.69) is 13.5 Å². The van der Waals surface area contributed by atoms with Crippen LogP contribution in [-0.4, -0.2) is 17.8 Å². The van der Waals surface area contributed by atoms with Crippen LogP contribution in [0.3, 0.4) is 0 Å². The lowest BCUT2D eigenvalue weighted by Crippen LogP contribution is -2.25. The standard InChI is InChI=1S/C34H45F3O2/c1-3-5-21-39-32-20-11-24(22-30(32)35)8-7-23-9-12-25(13-10-23)28-18-19-29(34(37)33(28)36)26-14-16-27(17-15-26)31(38)6-4-2/h3,11,18-20,22-23,25-27,31,38H,1,4-10,12-17,21H2,2H3. The van der Waals surface area contributed by atoms with Crippen molar-refractivity contribution in [3.05, 3.63) is 77.1 Å².